The van der Waals surface area contributed by atoms with Crippen molar-refractivity contribution in [3.63, 3.8) is 0 Å². The molecule has 0 spiro atoms. The van der Waals surface area contributed by atoms with Crippen LogP contribution in [0.2, 0.25) is 0 Å². The van der Waals surface area contributed by atoms with Gasteiger partial charge in [0.25, 0.3) is 0 Å². The van der Waals surface area contributed by atoms with Crippen LogP contribution in [-0.4, -0.2) is 13.2 Å². The highest BCUT2D eigenvalue weighted by atomic mass is 16.5. The molecule has 1 saturated heterocycles. The van der Waals surface area contributed by atoms with Crippen molar-refractivity contribution in [3.05, 3.63) is 30.2 Å². The molecular formula is C11H14O2. The first kappa shape index (κ1) is 8.57. The fraction of sp³-hybridized carbons (Fsp3) is 0.455. The third kappa shape index (κ3) is 2.46. The minimum absolute atomic E-state index is 0.666. The van der Waals surface area contributed by atoms with Gasteiger partial charge >= 0.3 is 0 Å². The predicted octanol–water partition coefficient (Wildman–Crippen LogP) is 2.72. The molecule has 0 aliphatic carbocycles. The van der Waals surface area contributed by atoms with E-state index in [1.165, 1.54) is 0 Å². The maximum absolute atomic E-state index is 5.28. The lowest BCUT2D eigenvalue weighted by atomic mass is 10.00. The van der Waals surface area contributed by atoms with E-state index in [-0.39, 0.29) is 0 Å². The molecule has 2 heteroatoms. The van der Waals surface area contributed by atoms with E-state index in [2.05, 4.69) is 12.2 Å². The molecule has 0 N–H and O–H groups in total. The Hall–Kier alpha value is -1.02. The Labute approximate surface area is 78.2 Å². The van der Waals surface area contributed by atoms with Crippen molar-refractivity contribution >= 4 is 6.08 Å². The van der Waals surface area contributed by atoms with Crippen molar-refractivity contribution < 1.29 is 9.15 Å². The van der Waals surface area contributed by atoms with Crippen molar-refractivity contribution in [2.75, 3.05) is 13.2 Å². The molecule has 1 fully saturated rings. The number of hydrogen-bond acceptors (Lipinski definition) is 2. The molecule has 0 unspecified atom stereocenters. The molecule has 1 aliphatic rings. The highest BCUT2D eigenvalue weighted by molar-refractivity contribution is 5.42. The lowest BCUT2D eigenvalue weighted by Crippen LogP contribution is -2.13. The summed E-state index contributed by atoms with van der Waals surface area (Å²) < 4.78 is 10.5. The maximum Gasteiger partial charge on any atom is 0.126 e. The van der Waals surface area contributed by atoms with Gasteiger partial charge in [-0.05, 0) is 37.0 Å². The van der Waals surface area contributed by atoms with Gasteiger partial charge in [0.15, 0.2) is 0 Å². The van der Waals surface area contributed by atoms with Crippen LogP contribution in [0.5, 0.6) is 0 Å². The molecule has 1 aromatic heterocycles. The third-order valence-electron chi connectivity index (χ3n) is 2.34. The van der Waals surface area contributed by atoms with Gasteiger partial charge in [0.05, 0.1) is 6.26 Å². The van der Waals surface area contributed by atoms with E-state index in [1.807, 2.05) is 12.1 Å². The molecule has 2 heterocycles. The van der Waals surface area contributed by atoms with Crippen LogP contribution in [0.4, 0.5) is 0 Å². The Morgan fingerprint density at radius 1 is 1.31 bits per heavy atom. The zero-order chi connectivity index (χ0) is 8.93. The number of rotatable bonds is 2. The van der Waals surface area contributed by atoms with Gasteiger partial charge in [-0.15, -0.1) is 0 Å². The molecule has 0 radical (unpaired) electrons. The summed E-state index contributed by atoms with van der Waals surface area (Å²) in [5, 5.41) is 0. The zero-order valence-electron chi connectivity index (χ0n) is 7.61. The van der Waals surface area contributed by atoms with Gasteiger partial charge in [-0.3, -0.25) is 0 Å². The summed E-state index contributed by atoms with van der Waals surface area (Å²) in [5.74, 6) is 1.60. The van der Waals surface area contributed by atoms with Crippen LogP contribution < -0.4 is 0 Å². The molecule has 0 atom stereocenters. The first-order chi connectivity index (χ1) is 6.45. The second kappa shape index (κ2) is 4.28. The molecule has 2 rings (SSSR count). The van der Waals surface area contributed by atoms with Crippen LogP contribution in [0.25, 0.3) is 6.08 Å². The van der Waals surface area contributed by atoms with E-state index in [0.29, 0.717) is 5.92 Å². The summed E-state index contributed by atoms with van der Waals surface area (Å²) in [6.45, 7) is 1.79. The highest BCUT2D eigenvalue weighted by Gasteiger charge is 2.09. The van der Waals surface area contributed by atoms with E-state index in [1.54, 1.807) is 6.26 Å². The van der Waals surface area contributed by atoms with Gasteiger partial charge < -0.3 is 9.15 Å². The van der Waals surface area contributed by atoms with Gasteiger partial charge in [0.1, 0.15) is 5.76 Å². The summed E-state index contributed by atoms with van der Waals surface area (Å²) in [4.78, 5) is 0. The zero-order valence-corrected chi connectivity index (χ0v) is 7.61. The van der Waals surface area contributed by atoms with Gasteiger partial charge in [-0.2, -0.15) is 0 Å². The largest absolute Gasteiger partial charge is 0.465 e. The highest BCUT2D eigenvalue weighted by Crippen LogP contribution is 2.17. The van der Waals surface area contributed by atoms with E-state index >= 15 is 0 Å². The third-order valence-corrected chi connectivity index (χ3v) is 2.34. The minimum Gasteiger partial charge on any atom is -0.465 e. The van der Waals surface area contributed by atoms with Crippen molar-refractivity contribution in [1.82, 2.24) is 0 Å². The van der Waals surface area contributed by atoms with Crippen LogP contribution in [0.3, 0.4) is 0 Å². The quantitative estimate of drug-likeness (QED) is 0.694. The summed E-state index contributed by atoms with van der Waals surface area (Å²) in [6, 6.07) is 3.87. The standard InChI is InChI=1S/C11H14O2/c1-2-11(13-7-1)4-3-10-5-8-12-9-6-10/h1-4,7,10H,5-6,8-9H2. The molecule has 70 valence electrons. The number of hydrogen-bond donors (Lipinski definition) is 0. The normalized spacial score (nSPS) is 19.7. The van der Waals surface area contributed by atoms with Gasteiger partial charge in [-0.1, -0.05) is 6.08 Å². The SMILES string of the molecule is C(=CC1CCOCC1)c1ccco1. The summed E-state index contributed by atoms with van der Waals surface area (Å²) in [6.07, 6.45) is 8.25. The Balaban J connectivity index is 1.89. The number of allylic oxidation sites excluding steroid dienone is 1. The molecule has 0 bridgehead atoms. The van der Waals surface area contributed by atoms with E-state index < -0.39 is 0 Å². The van der Waals surface area contributed by atoms with Crippen LogP contribution >= 0.6 is 0 Å². The lowest BCUT2D eigenvalue weighted by Gasteiger charge is -2.18. The average Bonchev–Trinajstić information content (AvgIpc) is 2.69. The molecular weight excluding hydrogens is 164 g/mol. The first-order valence-corrected chi connectivity index (χ1v) is 4.74. The fourth-order valence-corrected chi connectivity index (χ4v) is 1.53. The van der Waals surface area contributed by atoms with Gasteiger partial charge in [-0.25, -0.2) is 0 Å². The Morgan fingerprint density at radius 3 is 2.85 bits per heavy atom. The second-order valence-corrected chi connectivity index (χ2v) is 3.32. The van der Waals surface area contributed by atoms with Crippen molar-refractivity contribution in [2.45, 2.75) is 12.8 Å². The van der Waals surface area contributed by atoms with Gasteiger partial charge in [0.2, 0.25) is 0 Å². The van der Waals surface area contributed by atoms with Crippen molar-refractivity contribution in [3.8, 4) is 0 Å². The topological polar surface area (TPSA) is 22.4 Å². The predicted molar refractivity (Wildman–Crippen MR) is 51.3 cm³/mol. The smallest absolute Gasteiger partial charge is 0.126 e. The van der Waals surface area contributed by atoms with Crippen LogP contribution in [0, 0.1) is 5.92 Å². The Bertz CT molecular complexity index is 256. The van der Waals surface area contributed by atoms with E-state index in [4.69, 9.17) is 9.15 Å². The van der Waals surface area contributed by atoms with Crippen LogP contribution in [0.15, 0.2) is 28.9 Å². The molecule has 1 aliphatic heterocycles. The molecule has 2 nitrogen and oxygen atoms in total. The number of ether oxygens (including phenoxy) is 1. The Morgan fingerprint density at radius 2 is 2.15 bits per heavy atom. The lowest BCUT2D eigenvalue weighted by molar-refractivity contribution is 0.0787. The Kier molecular flexibility index (Phi) is 2.82. The number of furan rings is 1. The first-order valence-electron chi connectivity index (χ1n) is 4.74. The summed E-state index contributed by atoms with van der Waals surface area (Å²) >= 11 is 0. The van der Waals surface area contributed by atoms with Crippen molar-refractivity contribution in [1.29, 1.82) is 0 Å². The molecule has 1 aromatic rings. The monoisotopic (exact) mass is 178 g/mol. The van der Waals surface area contributed by atoms with Gasteiger partial charge in [0, 0.05) is 13.2 Å². The maximum atomic E-state index is 5.28. The van der Waals surface area contributed by atoms with Crippen LogP contribution in [-0.2, 0) is 4.74 Å². The molecule has 0 amide bonds. The van der Waals surface area contributed by atoms with Crippen LogP contribution in [0.1, 0.15) is 18.6 Å². The summed E-state index contributed by atoms with van der Waals surface area (Å²) in [7, 11) is 0. The van der Waals surface area contributed by atoms with E-state index in [0.717, 1.165) is 31.8 Å². The average molecular weight is 178 g/mol. The molecule has 13 heavy (non-hydrogen) atoms. The van der Waals surface area contributed by atoms with E-state index in [9.17, 15) is 0 Å². The minimum atomic E-state index is 0.666. The second-order valence-electron chi connectivity index (χ2n) is 3.32. The fourth-order valence-electron chi connectivity index (χ4n) is 1.53. The summed E-state index contributed by atoms with van der Waals surface area (Å²) in [5.41, 5.74) is 0. The molecule has 0 saturated carbocycles. The van der Waals surface area contributed by atoms with Crippen molar-refractivity contribution in [2.24, 2.45) is 5.92 Å². The molecule has 0 aromatic carbocycles.